The first-order chi connectivity index (χ1) is 9.76. The summed E-state index contributed by atoms with van der Waals surface area (Å²) in [6.07, 6.45) is 6.85. The van der Waals surface area contributed by atoms with E-state index in [0.29, 0.717) is 23.2 Å². The van der Waals surface area contributed by atoms with E-state index < -0.39 is 0 Å². The summed E-state index contributed by atoms with van der Waals surface area (Å²) in [6, 6.07) is 3.47. The van der Waals surface area contributed by atoms with Crippen LogP contribution in [0.25, 0.3) is 22.9 Å². The molecule has 3 aromatic rings. The summed E-state index contributed by atoms with van der Waals surface area (Å²) in [7, 11) is 1.84. The Morgan fingerprint density at radius 3 is 2.60 bits per heavy atom. The molecule has 0 unspecified atom stereocenters. The van der Waals surface area contributed by atoms with Gasteiger partial charge in [0.25, 0.3) is 0 Å². The molecule has 3 rings (SSSR count). The maximum Gasteiger partial charge on any atom is 0.200 e. The van der Waals surface area contributed by atoms with Crippen LogP contribution in [0.4, 0.5) is 5.82 Å². The molecule has 100 valence electrons. The van der Waals surface area contributed by atoms with Crippen LogP contribution in [0.5, 0.6) is 0 Å². The van der Waals surface area contributed by atoms with E-state index in [1.54, 1.807) is 35.4 Å². The fraction of sp³-hybridized carbons (Fsp3) is 0.0833. The average molecular weight is 268 g/mol. The van der Waals surface area contributed by atoms with Crippen LogP contribution < -0.4 is 11.3 Å². The second kappa shape index (κ2) is 5.02. The Morgan fingerprint density at radius 2 is 1.95 bits per heavy atom. The van der Waals surface area contributed by atoms with Crippen LogP contribution in [0.15, 0.2) is 36.9 Å². The lowest BCUT2D eigenvalue weighted by Gasteiger charge is -2.05. The van der Waals surface area contributed by atoms with Gasteiger partial charge in [-0.2, -0.15) is 5.10 Å². The number of nitrogens with zero attached hydrogens (tertiary/aromatic N) is 6. The fourth-order valence-electron chi connectivity index (χ4n) is 1.74. The van der Waals surface area contributed by atoms with Crippen molar-refractivity contribution >= 4 is 5.82 Å². The van der Waals surface area contributed by atoms with Crippen molar-refractivity contribution in [3.63, 3.8) is 0 Å². The number of hydrogen-bond donors (Lipinski definition) is 2. The zero-order valence-electron chi connectivity index (χ0n) is 10.7. The van der Waals surface area contributed by atoms with Crippen molar-refractivity contribution in [2.24, 2.45) is 12.9 Å². The average Bonchev–Trinajstić information content (AvgIpc) is 2.94. The molecule has 0 saturated heterocycles. The molecule has 0 aliphatic carbocycles. The summed E-state index contributed by atoms with van der Waals surface area (Å²) in [6.45, 7) is 0. The maximum atomic E-state index is 5.45. The highest BCUT2D eigenvalue weighted by Crippen LogP contribution is 2.21. The highest BCUT2D eigenvalue weighted by molar-refractivity contribution is 5.64. The zero-order chi connectivity index (χ0) is 13.9. The smallest absolute Gasteiger partial charge is 0.200 e. The van der Waals surface area contributed by atoms with Gasteiger partial charge in [-0.3, -0.25) is 4.68 Å². The Kier molecular flexibility index (Phi) is 3.05. The number of aromatic nitrogens is 6. The summed E-state index contributed by atoms with van der Waals surface area (Å²) in [5.41, 5.74) is 4.08. The second-order valence-corrected chi connectivity index (χ2v) is 4.08. The van der Waals surface area contributed by atoms with Gasteiger partial charge < -0.3 is 5.43 Å². The molecule has 3 heterocycles. The van der Waals surface area contributed by atoms with Crippen LogP contribution in [0, 0.1) is 0 Å². The van der Waals surface area contributed by atoms with Crippen LogP contribution in [0.1, 0.15) is 0 Å². The molecule has 0 bridgehead atoms. The lowest BCUT2D eigenvalue weighted by molar-refractivity contribution is 0.768. The van der Waals surface area contributed by atoms with E-state index in [4.69, 9.17) is 5.84 Å². The van der Waals surface area contributed by atoms with Gasteiger partial charge >= 0.3 is 0 Å². The molecule has 8 nitrogen and oxygen atoms in total. The van der Waals surface area contributed by atoms with Gasteiger partial charge in [-0.05, 0) is 6.07 Å². The van der Waals surface area contributed by atoms with Gasteiger partial charge in [0.2, 0.25) is 0 Å². The molecule has 3 aromatic heterocycles. The minimum atomic E-state index is 0.403. The monoisotopic (exact) mass is 268 g/mol. The predicted octanol–water partition coefficient (Wildman–Crippen LogP) is 0.620. The molecule has 0 saturated carbocycles. The number of aryl methyl sites for hydroxylation is 1. The highest BCUT2D eigenvalue weighted by Gasteiger charge is 2.11. The van der Waals surface area contributed by atoms with Gasteiger partial charge in [0, 0.05) is 37.3 Å². The summed E-state index contributed by atoms with van der Waals surface area (Å²) >= 11 is 0. The third kappa shape index (κ3) is 2.31. The molecular weight excluding hydrogens is 256 g/mol. The summed E-state index contributed by atoms with van der Waals surface area (Å²) < 4.78 is 1.70. The van der Waals surface area contributed by atoms with Gasteiger partial charge in [-0.25, -0.2) is 25.8 Å². The van der Waals surface area contributed by atoms with E-state index in [0.717, 1.165) is 5.56 Å². The predicted molar refractivity (Wildman–Crippen MR) is 73.1 cm³/mol. The van der Waals surface area contributed by atoms with E-state index in [1.807, 2.05) is 13.2 Å². The molecule has 0 aliphatic heterocycles. The standard InChI is InChI=1S/C12H12N8/c1-20-7-8(6-16-20)9-5-10(19-13)18-12(17-9)11-14-3-2-4-15-11/h2-7H,13H2,1H3,(H,17,18,19). The minimum absolute atomic E-state index is 0.403. The molecule has 0 atom stereocenters. The number of hydrazine groups is 1. The van der Waals surface area contributed by atoms with Crippen LogP contribution >= 0.6 is 0 Å². The quantitative estimate of drug-likeness (QED) is 0.529. The van der Waals surface area contributed by atoms with E-state index in [2.05, 4.69) is 30.5 Å². The fourth-order valence-corrected chi connectivity index (χ4v) is 1.74. The Bertz CT molecular complexity index is 721. The van der Waals surface area contributed by atoms with Gasteiger partial charge in [0.15, 0.2) is 11.6 Å². The molecule has 3 N–H and O–H groups in total. The first kappa shape index (κ1) is 12.2. The van der Waals surface area contributed by atoms with Crippen molar-refractivity contribution in [2.45, 2.75) is 0 Å². The van der Waals surface area contributed by atoms with Crippen molar-refractivity contribution in [2.75, 3.05) is 5.43 Å². The van der Waals surface area contributed by atoms with E-state index in [1.165, 1.54) is 0 Å². The highest BCUT2D eigenvalue weighted by atomic mass is 15.3. The molecule has 20 heavy (non-hydrogen) atoms. The second-order valence-electron chi connectivity index (χ2n) is 4.08. The van der Waals surface area contributed by atoms with Crippen LogP contribution in [0.3, 0.4) is 0 Å². The van der Waals surface area contributed by atoms with Crippen LogP contribution in [-0.4, -0.2) is 29.7 Å². The number of nitrogens with one attached hydrogen (secondary N) is 1. The molecule has 0 fully saturated rings. The number of nitrogen functional groups attached to an aromatic ring is 1. The third-order valence-corrected chi connectivity index (χ3v) is 2.64. The minimum Gasteiger partial charge on any atom is -0.308 e. The van der Waals surface area contributed by atoms with E-state index in [9.17, 15) is 0 Å². The van der Waals surface area contributed by atoms with E-state index >= 15 is 0 Å². The van der Waals surface area contributed by atoms with Crippen molar-refractivity contribution < 1.29 is 0 Å². The summed E-state index contributed by atoms with van der Waals surface area (Å²) in [5.74, 6) is 6.78. The van der Waals surface area contributed by atoms with Gasteiger partial charge in [0.05, 0.1) is 11.9 Å². The Hall–Kier alpha value is -2.87. The molecule has 0 aromatic carbocycles. The number of nitrogens with two attached hydrogens (primary N) is 1. The summed E-state index contributed by atoms with van der Waals surface area (Å²) in [4.78, 5) is 17.0. The van der Waals surface area contributed by atoms with Crippen LogP contribution in [-0.2, 0) is 7.05 Å². The largest absolute Gasteiger partial charge is 0.308 e. The maximum absolute atomic E-state index is 5.45. The lowest BCUT2D eigenvalue weighted by atomic mass is 10.2. The normalized spacial score (nSPS) is 10.5. The molecule has 0 amide bonds. The lowest BCUT2D eigenvalue weighted by Crippen LogP contribution is -2.10. The Balaban J connectivity index is 2.12. The van der Waals surface area contributed by atoms with Crippen LogP contribution in [0.2, 0.25) is 0 Å². The van der Waals surface area contributed by atoms with Crippen molar-refractivity contribution in [1.82, 2.24) is 29.7 Å². The van der Waals surface area contributed by atoms with Gasteiger partial charge in [0.1, 0.15) is 5.82 Å². The number of rotatable bonds is 3. The Morgan fingerprint density at radius 1 is 1.15 bits per heavy atom. The van der Waals surface area contributed by atoms with Gasteiger partial charge in [-0.15, -0.1) is 0 Å². The number of hydrogen-bond acceptors (Lipinski definition) is 7. The third-order valence-electron chi connectivity index (χ3n) is 2.64. The number of anilines is 1. The first-order valence-electron chi connectivity index (χ1n) is 5.88. The van der Waals surface area contributed by atoms with Crippen molar-refractivity contribution in [3.8, 4) is 22.9 Å². The van der Waals surface area contributed by atoms with Gasteiger partial charge in [-0.1, -0.05) is 0 Å². The van der Waals surface area contributed by atoms with Crippen molar-refractivity contribution in [1.29, 1.82) is 0 Å². The first-order valence-corrected chi connectivity index (χ1v) is 5.88. The molecule has 0 radical (unpaired) electrons. The molecule has 8 heteroatoms. The zero-order valence-corrected chi connectivity index (χ0v) is 10.7. The molecule has 0 aliphatic rings. The topological polar surface area (TPSA) is 107 Å². The van der Waals surface area contributed by atoms with Crippen molar-refractivity contribution in [3.05, 3.63) is 36.9 Å². The SMILES string of the molecule is Cn1cc(-c2cc(NN)nc(-c3ncccn3)n2)cn1. The van der Waals surface area contributed by atoms with E-state index in [-0.39, 0.29) is 0 Å². The summed E-state index contributed by atoms with van der Waals surface area (Å²) in [5, 5.41) is 4.12. The molecule has 0 spiro atoms. The Labute approximate surface area is 114 Å². The molecular formula is C12H12N8.